The van der Waals surface area contributed by atoms with Gasteiger partial charge < -0.3 is 0 Å². The van der Waals surface area contributed by atoms with Crippen LogP contribution >= 0.6 is 21.6 Å². The normalized spacial score (nSPS) is 17.1. The van der Waals surface area contributed by atoms with Crippen LogP contribution < -0.4 is 0 Å². The molecule has 2 nitrogen and oxygen atoms in total. The first-order chi connectivity index (χ1) is 7.14. The standard InChI is InChI=1S/C10H16O2S3/c1-2-6-13-14-7-3-8-15(11,12)9-10-4-5-10/h2-3,7,10H,1,4-6,8-9H2. The van der Waals surface area contributed by atoms with Crippen LogP contribution in [-0.4, -0.2) is 25.7 Å². The number of sulfone groups is 1. The van der Waals surface area contributed by atoms with Gasteiger partial charge in [-0.25, -0.2) is 8.42 Å². The number of rotatable bonds is 8. The molecular weight excluding hydrogens is 248 g/mol. The van der Waals surface area contributed by atoms with Crippen molar-refractivity contribution < 1.29 is 8.42 Å². The zero-order chi connectivity index (χ0) is 11.1. The molecule has 0 amide bonds. The Morgan fingerprint density at radius 3 is 2.73 bits per heavy atom. The topological polar surface area (TPSA) is 34.1 Å². The zero-order valence-corrected chi connectivity index (χ0v) is 11.0. The lowest BCUT2D eigenvalue weighted by Gasteiger charge is -1.97. The van der Waals surface area contributed by atoms with Crippen molar-refractivity contribution in [2.75, 3.05) is 17.3 Å². The number of hydrogen-bond donors (Lipinski definition) is 0. The van der Waals surface area contributed by atoms with Crippen LogP contribution in [0.5, 0.6) is 0 Å². The van der Waals surface area contributed by atoms with E-state index in [1.807, 2.05) is 11.5 Å². The van der Waals surface area contributed by atoms with Gasteiger partial charge in [-0.1, -0.05) is 33.7 Å². The van der Waals surface area contributed by atoms with Gasteiger partial charge in [-0.3, -0.25) is 0 Å². The number of hydrogen-bond acceptors (Lipinski definition) is 4. The molecular formula is C10H16O2S3. The average molecular weight is 264 g/mol. The van der Waals surface area contributed by atoms with Crippen molar-refractivity contribution in [2.24, 2.45) is 5.92 Å². The van der Waals surface area contributed by atoms with Gasteiger partial charge in [0.1, 0.15) is 0 Å². The molecule has 5 heteroatoms. The predicted octanol–water partition coefficient (Wildman–Crippen LogP) is 2.89. The Bertz CT molecular complexity index is 316. The summed E-state index contributed by atoms with van der Waals surface area (Å²) >= 11 is 0. The fourth-order valence-corrected chi connectivity index (χ4v) is 4.19. The van der Waals surface area contributed by atoms with Gasteiger partial charge in [0, 0.05) is 5.75 Å². The van der Waals surface area contributed by atoms with Crippen LogP contribution in [0.25, 0.3) is 0 Å². The van der Waals surface area contributed by atoms with Crippen molar-refractivity contribution in [3.8, 4) is 0 Å². The van der Waals surface area contributed by atoms with Crippen LogP contribution in [0.3, 0.4) is 0 Å². The summed E-state index contributed by atoms with van der Waals surface area (Å²) in [5.41, 5.74) is 0. The van der Waals surface area contributed by atoms with Crippen LogP contribution in [-0.2, 0) is 9.84 Å². The second-order valence-corrected chi connectivity index (χ2v) is 8.03. The second-order valence-electron chi connectivity index (χ2n) is 3.56. The van der Waals surface area contributed by atoms with Crippen LogP contribution in [0.15, 0.2) is 24.1 Å². The van der Waals surface area contributed by atoms with Gasteiger partial charge in [-0.05, 0) is 24.2 Å². The van der Waals surface area contributed by atoms with Gasteiger partial charge in [-0.2, -0.15) is 0 Å². The van der Waals surface area contributed by atoms with E-state index in [1.54, 1.807) is 27.7 Å². The molecule has 0 radical (unpaired) electrons. The monoisotopic (exact) mass is 264 g/mol. The third kappa shape index (κ3) is 7.09. The van der Waals surface area contributed by atoms with E-state index in [0.717, 1.165) is 18.6 Å². The molecule has 0 atom stereocenters. The smallest absolute Gasteiger partial charge is 0.154 e. The van der Waals surface area contributed by atoms with Crippen LogP contribution in [0.4, 0.5) is 0 Å². The van der Waals surface area contributed by atoms with Gasteiger partial charge in [0.05, 0.1) is 11.5 Å². The molecule has 15 heavy (non-hydrogen) atoms. The molecule has 0 unspecified atom stereocenters. The summed E-state index contributed by atoms with van der Waals surface area (Å²) in [6.07, 6.45) is 5.74. The first-order valence-electron chi connectivity index (χ1n) is 4.88. The van der Waals surface area contributed by atoms with Crippen LogP contribution in [0.1, 0.15) is 12.8 Å². The van der Waals surface area contributed by atoms with Gasteiger partial charge in [0.2, 0.25) is 0 Å². The van der Waals surface area contributed by atoms with Crippen molar-refractivity contribution in [1.82, 2.24) is 0 Å². The first kappa shape index (κ1) is 13.2. The molecule has 0 bridgehead atoms. The quantitative estimate of drug-likeness (QED) is 0.383. The van der Waals surface area contributed by atoms with Crippen molar-refractivity contribution >= 4 is 31.4 Å². The maximum atomic E-state index is 11.5. The maximum absolute atomic E-state index is 11.5. The summed E-state index contributed by atoms with van der Waals surface area (Å²) in [4.78, 5) is 0. The van der Waals surface area contributed by atoms with E-state index in [0.29, 0.717) is 11.7 Å². The highest BCUT2D eigenvalue weighted by molar-refractivity contribution is 8.77. The van der Waals surface area contributed by atoms with E-state index in [4.69, 9.17) is 0 Å². The molecule has 1 rings (SSSR count). The summed E-state index contributed by atoms with van der Waals surface area (Å²) in [6, 6.07) is 0. The van der Waals surface area contributed by atoms with Gasteiger partial charge in [0.15, 0.2) is 9.84 Å². The van der Waals surface area contributed by atoms with Gasteiger partial charge in [-0.15, -0.1) is 6.58 Å². The van der Waals surface area contributed by atoms with E-state index in [9.17, 15) is 8.42 Å². The van der Waals surface area contributed by atoms with Crippen molar-refractivity contribution in [1.29, 1.82) is 0 Å². The summed E-state index contributed by atoms with van der Waals surface area (Å²) < 4.78 is 23.0. The largest absolute Gasteiger partial charge is 0.229 e. The van der Waals surface area contributed by atoms with Crippen molar-refractivity contribution in [3.63, 3.8) is 0 Å². The molecule has 0 aromatic heterocycles. The molecule has 0 saturated heterocycles. The highest BCUT2D eigenvalue weighted by atomic mass is 33.1. The van der Waals surface area contributed by atoms with Crippen LogP contribution in [0, 0.1) is 5.92 Å². The molecule has 1 aliphatic rings. The minimum absolute atomic E-state index is 0.186. The zero-order valence-electron chi connectivity index (χ0n) is 8.59. The van der Waals surface area contributed by atoms with E-state index < -0.39 is 9.84 Å². The van der Waals surface area contributed by atoms with E-state index in [1.165, 1.54) is 0 Å². The Labute approximate surface area is 99.9 Å². The lowest BCUT2D eigenvalue weighted by atomic mass is 10.5. The summed E-state index contributed by atoms with van der Waals surface area (Å²) in [7, 11) is 0.360. The Morgan fingerprint density at radius 2 is 2.13 bits per heavy atom. The van der Waals surface area contributed by atoms with Gasteiger partial charge >= 0.3 is 0 Å². The SMILES string of the molecule is C=CCSSC=CCS(=O)(=O)CC1CC1. The molecule has 0 aromatic rings. The van der Waals surface area contributed by atoms with Crippen LogP contribution in [0.2, 0.25) is 0 Å². The average Bonchev–Trinajstić information content (AvgIpc) is 2.94. The molecule has 0 aliphatic heterocycles. The maximum Gasteiger partial charge on any atom is 0.154 e. The summed E-state index contributed by atoms with van der Waals surface area (Å²) in [5.74, 6) is 1.89. The third-order valence-corrected chi connectivity index (χ3v) is 5.58. The summed E-state index contributed by atoms with van der Waals surface area (Å²) in [6.45, 7) is 3.60. The minimum atomic E-state index is -2.84. The molecule has 0 N–H and O–H groups in total. The third-order valence-electron chi connectivity index (χ3n) is 1.94. The van der Waals surface area contributed by atoms with E-state index in [-0.39, 0.29) is 5.75 Å². The Balaban J connectivity index is 2.13. The van der Waals surface area contributed by atoms with Gasteiger partial charge in [0.25, 0.3) is 0 Å². The molecule has 0 spiro atoms. The second kappa shape index (κ2) is 6.66. The highest BCUT2D eigenvalue weighted by Gasteiger charge is 2.27. The molecule has 1 aliphatic carbocycles. The van der Waals surface area contributed by atoms with E-state index in [2.05, 4.69) is 6.58 Å². The Morgan fingerprint density at radius 1 is 1.40 bits per heavy atom. The Kier molecular flexibility index (Phi) is 5.86. The minimum Gasteiger partial charge on any atom is -0.229 e. The molecule has 86 valence electrons. The fourth-order valence-electron chi connectivity index (χ4n) is 1.06. The van der Waals surface area contributed by atoms with Crippen molar-refractivity contribution in [3.05, 3.63) is 24.1 Å². The first-order valence-corrected chi connectivity index (χ1v) is 9.09. The molecule has 1 fully saturated rings. The molecule has 0 heterocycles. The lowest BCUT2D eigenvalue weighted by molar-refractivity contribution is 0.595. The Hall–Kier alpha value is 0.130. The molecule has 0 aromatic carbocycles. The summed E-state index contributed by atoms with van der Waals surface area (Å²) in [5, 5.41) is 1.85. The van der Waals surface area contributed by atoms with E-state index >= 15 is 0 Å². The fraction of sp³-hybridized carbons (Fsp3) is 0.600. The predicted molar refractivity (Wildman–Crippen MR) is 70.8 cm³/mol. The molecule has 1 saturated carbocycles. The lowest BCUT2D eigenvalue weighted by Crippen LogP contribution is -2.10. The van der Waals surface area contributed by atoms with Crippen molar-refractivity contribution in [2.45, 2.75) is 12.8 Å². The highest BCUT2D eigenvalue weighted by Crippen LogP contribution is 2.30.